The second-order valence-corrected chi connectivity index (χ2v) is 6.42. The zero-order chi connectivity index (χ0) is 14.6. The lowest BCUT2D eigenvalue weighted by atomic mass is 10.2. The minimum atomic E-state index is -3.56. The molecular weight excluding hydrogens is 300 g/mol. The third-order valence-corrected chi connectivity index (χ3v) is 4.18. The fraction of sp³-hybridized carbons (Fsp3) is 0.0769. The summed E-state index contributed by atoms with van der Waals surface area (Å²) >= 11 is 5.83. The van der Waals surface area contributed by atoms with Crippen molar-refractivity contribution in [3.8, 4) is 0 Å². The van der Waals surface area contributed by atoms with Crippen LogP contribution in [-0.4, -0.2) is 24.4 Å². The molecule has 0 bridgehead atoms. The van der Waals surface area contributed by atoms with Crippen LogP contribution in [0.3, 0.4) is 0 Å². The summed E-state index contributed by atoms with van der Waals surface area (Å²) in [6, 6.07) is 9.36. The Labute approximate surface area is 120 Å². The Hall–Kier alpha value is -1.92. The predicted molar refractivity (Wildman–Crippen MR) is 77.4 cm³/mol. The van der Waals surface area contributed by atoms with Gasteiger partial charge in [-0.25, -0.2) is 13.5 Å². The van der Waals surface area contributed by atoms with E-state index >= 15 is 0 Å². The first-order valence-electron chi connectivity index (χ1n) is 5.68. The summed E-state index contributed by atoms with van der Waals surface area (Å²) in [6.07, 6.45) is 3.17. The number of aromatic amines is 1. The van der Waals surface area contributed by atoms with Gasteiger partial charge in [0, 0.05) is 11.1 Å². The number of rotatable bonds is 4. The summed E-state index contributed by atoms with van der Waals surface area (Å²) < 4.78 is 23.9. The van der Waals surface area contributed by atoms with Gasteiger partial charge >= 0.3 is 0 Å². The van der Waals surface area contributed by atoms with Crippen LogP contribution in [-0.2, 0) is 9.84 Å². The average molecular weight is 311 g/mol. The molecule has 0 amide bonds. The highest BCUT2D eigenvalue weighted by molar-refractivity contribution is 7.91. The Morgan fingerprint density at radius 1 is 1.25 bits per heavy atom. The van der Waals surface area contributed by atoms with Gasteiger partial charge in [-0.1, -0.05) is 35.9 Å². The lowest BCUT2D eigenvalue weighted by Crippen LogP contribution is -2.13. The molecule has 2 rings (SSSR count). The highest BCUT2D eigenvalue weighted by atomic mass is 35.5. The quantitative estimate of drug-likeness (QED) is 0.935. The molecule has 1 aromatic heterocycles. The van der Waals surface area contributed by atoms with E-state index in [2.05, 4.69) is 10.2 Å². The fourth-order valence-corrected chi connectivity index (χ4v) is 2.69. The minimum absolute atomic E-state index is 0.159. The number of nitrogens with zero attached hydrogens (tertiary/aromatic N) is 1. The molecule has 7 heteroatoms. The highest BCUT2D eigenvalue weighted by Crippen LogP contribution is 2.12. The van der Waals surface area contributed by atoms with E-state index in [0.29, 0.717) is 5.02 Å². The van der Waals surface area contributed by atoms with Gasteiger partial charge in [0.1, 0.15) is 0 Å². The molecule has 0 atom stereocenters. The van der Waals surface area contributed by atoms with Crippen molar-refractivity contribution in [1.29, 1.82) is 0 Å². The van der Waals surface area contributed by atoms with Crippen LogP contribution in [0, 0.1) is 0 Å². The Morgan fingerprint density at radius 2 is 2.05 bits per heavy atom. The van der Waals surface area contributed by atoms with Gasteiger partial charge in [0.25, 0.3) is 5.56 Å². The molecular formula is C13H11ClN2O3S. The summed E-state index contributed by atoms with van der Waals surface area (Å²) in [5, 5.41) is 6.03. The molecule has 20 heavy (non-hydrogen) atoms. The summed E-state index contributed by atoms with van der Waals surface area (Å²) in [5.41, 5.74) is 0.362. The third kappa shape index (κ3) is 3.79. The van der Waals surface area contributed by atoms with Gasteiger partial charge in [-0.05, 0) is 23.8 Å². The number of benzene rings is 1. The van der Waals surface area contributed by atoms with Crippen LogP contribution >= 0.6 is 11.6 Å². The van der Waals surface area contributed by atoms with Crippen LogP contribution in [0.15, 0.2) is 52.3 Å². The average Bonchev–Trinajstić information content (AvgIpc) is 2.39. The van der Waals surface area contributed by atoms with Crippen LogP contribution in [0.4, 0.5) is 0 Å². The van der Waals surface area contributed by atoms with Crippen molar-refractivity contribution < 1.29 is 8.42 Å². The van der Waals surface area contributed by atoms with E-state index in [1.54, 1.807) is 24.3 Å². The van der Waals surface area contributed by atoms with Crippen molar-refractivity contribution >= 4 is 27.5 Å². The Balaban J connectivity index is 2.13. The van der Waals surface area contributed by atoms with Crippen LogP contribution in [0.1, 0.15) is 5.56 Å². The van der Waals surface area contributed by atoms with Crippen molar-refractivity contribution in [1.82, 2.24) is 10.2 Å². The van der Waals surface area contributed by atoms with E-state index in [1.807, 2.05) is 6.07 Å². The molecule has 104 valence electrons. The standard InChI is InChI=1S/C13H11ClN2O3S/c14-11-5-1-3-10(9-11)4-2-8-20(18,19)13-7-6-12(17)15-16-13/h1-7,9H,8H2,(H,15,17). The molecule has 0 fully saturated rings. The molecule has 0 saturated heterocycles. The summed E-state index contributed by atoms with van der Waals surface area (Å²) in [7, 11) is -3.56. The van der Waals surface area contributed by atoms with E-state index in [1.165, 1.54) is 12.1 Å². The van der Waals surface area contributed by atoms with Crippen LogP contribution in [0.25, 0.3) is 6.08 Å². The second kappa shape index (κ2) is 6.02. The van der Waals surface area contributed by atoms with Gasteiger partial charge in [0.15, 0.2) is 5.03 Å². The maximum absolute atomic E-state index is 11.9. The number of sulfone groups is 1. The molecule has 0 unspecified atom stereocenters. The van der Waals surface area contributed by atoms with Crippen LogP contribution in [0.5, 0.6) is 0 Å². The van der Waals surface area contributed by atoms with Crippen molar-refractivity contribution in [2.45, 2.75) is 5.03 Å². The molecule has 0 radical (unpaired) electrons. The molecule has 1 heterocycles. The largest absolute Gasteiger partial charge is 0.268 e. The van der Waals surface area contributed by atoms with Gasteiger partial charge in [-0.2, -0.15) is 5.10 Å². The third-order valence-electron chi connectivity index (χ3n) is 2.45. The summed E-state index contributed by atoms with van der Waals surface area (Å²) in [6.45, 7) is 0. The lowest BCUT2D eigenvalue weighted by molar-refractivity contribution is 0.592. The first kappa shape index (κ1) is 14.5. The number of aromatic nitrogens is 2. The van der Waals surface area contributed by atoms with E-state index in [-0.39, 0.29) is 10.8 Å². The number of hydrogen-bond donors (Lipinski definition) is 1. The molecule has 5 nitrogen and oxygen atoms in total. The lowest BCUT2D eigenvalue weighted by Gasteiger charge is -1.99. The topological polar surface area (TPSA) is 79.9 Å². The molecule has 0 aliphatic rings. The fourth-order valence-electron chi connectivity index (χ4n) is 1.51. The van der Waals surface area contributed by atoms with E-state index < -0.39 is 15.4 Å². The molecule has 0 aliphatic carbocycles. The minimum Gasteiger partial charge on any atom is -0.268 e. The first-order valence-corrected chi connectivity index (χ1v) is 7.71. The smallest absolute Gasteiger partial charge is 0.264 e. The molecule has 0 spiro atoms. The summed E-state index contributed by atoms with van der Waals surface area (Å²) in [5.74, 6) is -0.210. The molecule has 1 N–H and O–H groups in total. The maximum Gasteiger partial charge on any atom is 0.264 e. The highest BCUT2D eigenvalue weighted by Gasteiger charge is 2.14. The van der Waals surface area contributed by atoms with Gasteiger partial charge < -0.3 is 0 Å². The second-order valence-electron chi connectivity index (χ2n) is 4.00. The first-order chi connectivity index (χ1) is 9.47. The van der Waals surface area contributed by atoms with E-state index in [4.69, 9.17) is 11.6 Å². The SMILES string of the molecule is O=c1ccc(S(=O)(=O)CC=Cc2cccc(Cl)c2)n[nH]1. The van der Waals surface area contributed by atoms with Crippen molar-refractivity contribution in [2.75, 3.05) is 5.75 Å². The van der Waals surface area contributed by atoms with Crippen molar-refractivity contribution in [3.05, 3.63) is 63.4 Å². The van der Waals surface area contributed by atoms with Crippen LogP contribution < -0.4 is 5.56 Å². The number of hydrogen-bond acceptors (Lipinski definition) is 4. The number of halogens is 1. The van der Waals surface area contributed by atoms with Gasteiger partial charge in [0.05, 0.1) is 5.75 Å². The number of H-pyrrole nitrogens is 1. The van der Waals surface area contributed by atoms with Crippen molar-refractivity contribution in [3.63, 3.8) is 0 Å². The van der Waals surface area contributed by atoms with Gasteiger partial charge in [-0.15, -0.1) is 0 Å². The van der Waals surface area contributed by atoms with Gasteiger partial charge in [0.2, 0.25) is 9.84 Å². The number of nitrogens with one attached hydrogen (secondary N) is 1. The normalized spacial score (nSPS) is 11.8. The molecule has 0 aliphatic heterocycles. The van der Waals surface area contributed by atoms with Crippen LogP contribution in [0.2, 0.25) is 5.02 Å². The molecule has 1 aromatic carbocycles. The maximum atomic E-state index is 11.9. The zero-order valence-electron chi connectivity index (χ0n) is 10.3. The zero-order valence-corrected chi connectivity index (χ0v) is 11.9. The van der Waals surface area contributed by atoms with Gasteiger partial charge in [-0.3, -0.25) is 4.79 Å². The van der Waals surface area contributed by atoms with Crippen molar-refractivity contribution in [2.24, 2.45) is 0 Å². The summed E-state index contributed by atoms with van der Waals surface area (Å²) in [4.78, 5) is 10.8. The van der Waals surface area contributed by atoms with E-state index in [9.17, 15) is 13.2 Å². The predicted octanol–water partition coefficient (Wildman–Crippen LogP) is 1.91. The van der Waals surface area contributed by atoms with E-state index in [0.717, 1.165) is 11.6 Å². The monoisotopic (exact) mass is 310 g/mol. The Bertz CT molecular complexity index is 777. The molecule has 0 saturated carbocycles. The Morgan fingerprint density at radius 3 is 2.70 bits per heavy atom. The Kier molecular flexibility index (Phi) is 4.36. The molecule has 2 aromatic rings.